The van der Waals surface area contributed by atoms with E-state index in [0.717, 1.165) is 37.1 Å². The van der Waals surface area contributed by atoms with Crippen molar-refractivity contribution in [3.8, 4) is 22.3 Å². The number of esters is 2. The molecule has 8 heteroatoms. The van der Waals surface area contributed by atoms with Crippen LogP contribution in [0.25, 0.3) is 42.4 Å². The van der Waals surface area contributed by atoms with Crippen molar-refractivity contribution in [2.75, 3.05) is 50.7 Å². The molecule has 0 aliphatic heterocycles. The molecule has 0 N–H and O–H groups in total. The van der Waals surface area contributed by atoms with Gasteiger partial charge < -0.3 is 9.47 Å². The lowest BCUT2D eigenvalue weighted by molar-refractivity contribution is 0.0525. The molecule has 0 bridgehead atoms. The maximum Gasteiger partial charge on any atom is 0.338 e. The lowest BCUT2D eigenvalue weighted by atomic mass is 9.88. The first kappa shape index (κ1) is 34.1. The fourth-order valence-electron chi connectivity index (χ4n) is 4.96. The summed E-state index contributed by atoms with van der Waals surface area (Å²) in [6.07, 6.45) is 11.5. The van der Waals surface area contributed by atoms with Gasteiger partial charge in [-0.25, -0.2) is 29.6 Å². The molecule has 0 saturated heterocycles. The van der Waals surface area contributed by atoms with Crippen LogP contribution in [-0.4, -0.2) is 62.7 Å². The van der Waals surface area contributed by atoms with Crippen LogP contribution in [0.2, 0.25) is 0 Å². The van der Waals surface area contributed by atoms with Crippen LogP contribution < -0.4 is 0 Å². The van der Waals surface area contributed by atoms with Crippen molar-refractivity contribution in [3.05, 3.63) is 71.8 Å². The molecule has 0 aliphatic carbocycles. The number of rotatable bonds is 8. The van der Waals surface area contributed by atoms with Crippen LogP contribution in [0.3, 0.4) is 0 Å². The second-order valence-corrected chi connectivity index (χ2v) is 22.3. The average molecular weight is 669 g/mol. The summed E-state index contributed by atoms with van der Waals surface area (Å²) < 4.78 is 15.9. The third-order valence-corrected chi connectivity index (χ3v) is 16.7. The minimum Gasteiger partial charge on any atom is -0.465 e. The third kappa shape index (κ3) is 6.59. The first-order chi connectivity index (χ1) is 20.9. The van der Waals surface area contributed by atoms with Crippen molar-refractivity contribution < 1.29 is 19.1 Å². The van der Waals surface area contributed by atoms with Crippen LogP contribution in [0.15, 0.2) is 69.1 Å². The van der Waals surface area contributed by atoms with Crippen LogP contribution in [-0.2, 0) is 9.47 Å². The molecule has 5 aromatic rings. The number of fused-ring (bicyclic) bond motifs is 2. The first-order valence-corrected chi connectivity index (χ1v) is 21.9. The van der Waals surface area contributed by atoms with Crippen LogP contribution in [0.5, 0.6) is 0 Å². The van der Waals surface area contributed by atoms with Gasteiger partial charge in [0.25, 0.3) is 0 Å². The minimum absolute atomic E-state index is 0.255. The van der Waals surface area contributed by atoms with E-state index >= 15 is 0 Å². The summed E-state index contributed by atoms with van der Waals surface area (Å²) in [6.45, 7) is 8.30. The van der Waals surface area contributed by atoms with E-state index in [1.807, 2.05) is 68.5 Å². The average Bonchev–Trinajstić information content (AvgIpc) is 3.67. The molecule has 2 heterocycles. The Morgan fingerprint density at radius 2 is 1.16 bits per heavy atom. The Hall–Kier alpha value is -2.78. The minimum atomic E-state index is -0.942. The Balaban J connectivity index is 0.00000216. The van der Waals surface area contributed by atoms with Gasteiger partial charge in [0.15, 0.2) is 0 Å². The number of methoxy groups -OCH3 is 1. The van der Waals surface area contributed by atoms with Gasteiger partial charge in [-0.15, -0.1) is 22.7 Å². The quantitative estimate of drug-likeness (QED) is 0.154. The van der Waals surface area contributed by atoms with Crippen LogP contribution in [0.4, 0.5) is 0 Å². The normalized spacial score (nSPS) is 12.5. The molecule has 0 atom stereocenters. The molecule has 0 radical (unpaired) electrons. The van der Waals surface area contributed by atoms with Crippen molar-refractivity contribution in [1.82, 2.24) is 0 Å². The maximum atomic E-state index is 13.6. The standard InChI is InChI=1S/C34H38O4S4.C2H6/c1-9-38-34(36)28-18-23(21-13-11-15-29-25(21)19-31(39-29)41(4,5)6)27(33(35)37-3)17-24(28)22-14-12-16-30-26(22)20-32(40-30)42(7,8)10-2;1-2/h11-20H,9-10H2,1-8H3;1-2H3. The Kier molecular flexibility index (Phi) is 10.6. The second kappa shape index (κ2) is 13.7. The van der Waals surface area contributed by atoms with Crippen molar-refractivity contribution >= 4 is 74.8 Å². The van der Waals surface area contributed by atoms with Crippen molar-refractivity contribution in [2.24, 2.45) is 0 Å². The van der Waals surface area contributed by atoms with E-state index in [2.05, 4.69) is 62.5 Å². The molecule has 4 nitrogen and oxygen atoms in total. The fourth-order valence-corrected chi connectivity index (χ4v) is 10.6. The zero-order valence-corrected chi connectivity index (χ0v) is 30.7. The van der Waals surface area contributed by atoms with Crippen LogP contribution in [0, 0.1) is 0 Å². The molecule has 2 aromatic heterocycles. The summed E-state index contributed by atoms with van der Waals surface area (Å²) in [5.74, 6) is 0.247. The molecule has 44 heavy (non-hydrogen) atoms. The van der Waals surface area contributed by atoms with Gasteiger partial charge in [0.1, 0.15) is 0 Å². The lowest BCUT2D eigenvalue weighted by Gasteiger charge is -2.27. The Labute approximate surface area is 273 Å². The summed E-state index contributed by atoms with van der Waals surface area (Å²) in [7, 11) is -0.477. The second-order valence-electron chi connectivity index (χ2n) is 11.4. The summed E-state index contributed by atoms with van der Waals surface area (Å²) in [4.78, 5) is 27.0. The van der Waals surface area contributed by atoms with E-state index in [9.17, 15) is 9.59 Å². The highest BCUT2D eigenvalue weighted by atomic mass is 32.3. The predicted octanol–water partition coefficient (Wildman–Crippen LogP) is 10.9. The first-order valence-electron chi connectivity index (χ1n) is 14.8. The van der Waals surface area contributed by atoms with Gasteiger partial charge in [0.05, 0.1) is 24.8 Å². The molecular weight excluding hydrogens is 625 g/mol. The lowest BCUT2D eigenvalue weighted by Crippen LogP contribution is -2.11. The predicted molar refractivity (Wildman–Crippen MR) is 199 cm³/mol. The highest BCUT2D eigenvalue weighted by molar-refractivity contribution is 8.33. The largest absolute Gasteiger partial charge is 0.465 e. The Bertz CT molecular complexity index is 1820. The van der Waals surface area contributed by atoms with E-state index in [-0.39, 0.29) is 6.61 Å². The van der Waals surface area contributed by atoms with Crippen LogP contribution in [0.1, 0.15) is 48.4 Å². The monoisotopic (exact) mass is 668 g/mol. The van der Waals surface area contributed by atoms with Gasteiger partial charge in [0.2, 0.25) is 0 Å². The molecule has 0 aliphatic rings. The highest BCUT2D eigenvalue weighted by Gasteiger charge is 2.26. The summed E-state index contributed by atoms with van der Waals surface area (Å²) >= 11 is 3.61. The van der Waals surface area contributed by atoms with Crippen molar-refractivity contribution in [2.45, 2.75) is 36.1 Å². The third-order valence-electron chi connectivity index (χ3n) is 7.59. The zero-order chi connectivity index (χ0) is 32.4. The smallest absolute Gasteiger partial charge is 0.338 e. The van der Waals surface area contributed by atoms with Crippen LogP contribution >= 0.6 is 42.7 Å². The van der Waals surface area contributed by atoms with E-state index in [1.54, 1.807) is 11.3 Å². The van der Waals surface area contributed by atoms with E-state index in [4.69, 9.17) is 9.47 Å². The maximum absolute atomic E-state index is 13.6. The molecule has 0 fully saturated rings. The summed E-state index contributed by atoms with van der Waals surface area (Å²) in [5.41, 5.74) is 4.02. The fraction of sp³-hybridized carbons (Fsp3) is 0.333. The van der Waals surface area contributed by atoms with Gasteiger partial charge in [-0.1, -0.05) is 45.0 Å². The number of carbonyl (C=O) groups excluding carboxylic acids is 2. The van der Waals surface area contributed by atoms with E-state index < -0.39 is 32.0 Å². The van der Waals surface area contributed by atoms with Crippen molar-refractivity contribution in [1.29, 1.82) is 0 Å². The number of hydrogen-bond acceptors (Lipinski definition) is 6. The Morgan fingerprint density at radius 3 is 1.61 bits per heavy atom. The molecule has 5 rings (SSSR count). The highest BCUT2D eigenvalue weighted by Crippen LogP contribution is 2.55. The summed E-state index contributed by atoms with van der Waals surface area (Å²) in [6, 6.07) is 20.5. The van der Waals surface area contributed by atoms with Gasteiger partial charge in [0, 0.05) is 28.6 Å². The zero-order valence-electron chi connectivity index (χ0n) is 27.5. The van der Waals surface area contributed by atoms with E-state index in [0.29, 0.717) is 22.3 Å². The number of ether oxygens (including phenoxy) is 2. The molecule has 0 amide bonds. The van der Waals surface area contributed by atoms with Gasteiger partial charge >= 0.3 is 11.9 Å². The van der Waals surface area contributed by atoms with E-state index in [1.165, 1.54) is 15.5 Å². The topological polar surface area (TPSA) is 52.6 Å². The number of hydrogen-bond donors (Lipinski definition) is 0. The molecule has 236 valence electrons. The molecule has 3 aromatic carbocycles. The number of benzene rings is 3. The number of thiophene rings is 2. The summed E-state index contributed by atoms with van der Waals surface area (Å²) in [5, 5.41) is 2.15. The van der Waals surface area contributed by atoms with Gasteiger partial charge in [-0.3, -0.25) is 0 Å². The molecular formula is C36H44O4S4. The molecule has 0 saturated carbocycles. The van der Waals surface area contributed by atoms with Gasteiger partial charge in [-0.2, -0.15) is 0 Å². The SMILES string of the molecule is CC.CCOC(=O)c1cc(-c2cccc3sc(S(C)(C)C)cc23)c(C(=O)OC)cc1-c1cccc2sc(S(C)(C)CC)cc12. The molecule has 0 unspecified atom stereocenters. The van der Waals surface area contributed by atoms with Crippen molar-refractivity contribution in [3.63, 3.8) is 0 Å². The van der Waals surface area contributed by atoms with Gasteiger partial charge in [-0.05, 0) is 103 Å². The Morgan fingerprint density at radius 1 is 0.682 bits per heavy atom. The number of carbonyl (C=O) groups is 2. The molecule has 0 spiro atoms.